The number of allylic oxidation sites excluding steroid dienone is 7. The van der Waals surface area contributed by atoms with Crippen molar-refractivity contribution in [3.05, 3.63) is 46.3 Å². The van der Waals surface area contributed by atoms with Gasteiger partial charge in [0.05, 0.1) is 0 Å². The number of carbonyl (C=O) groups is 2. The lowest BCUT2D eigenvalue weighted by molar-refractivity contribution is -0.175. The normalized spacial score (nSPS) is 41.5. The molecule has 3 saturated carbocycles. The Labute approximate surface area is 259 Å². The van der Waals surface area contributed by atoms with E-state index >= 15 is 0 Å². The van der Waals surface area contributed by atoms with Gasteiger partial charge in [0.15, 0.2) is 5.76 Å². The first kappa shape index (κ1) is 30.8. The molecule has 1 heterocycles. The number of piperazine rings is 1. The van der Waals surface area contributed by atoms with Gasteiger partial charge in [-0.1, -0.05) is 52.3 Å². The van der Waals surface area contributed by atoms with Crippen molar-refractivity contribution >= 4 is 11.7 Å². The van der Waals surface area contributed by atoms with Crippen molar-refractivity contribution < 1.29 is 14.7 Å². The number of nitrogens with zero attached hydrogens (tertiary/aromatic N) is 3. The summed E-state index contributed by atoms with van der Waals surface area (Å²) < 4.78 is 0. The molecule has 0 aromatic rings. The average Bonchev–Trinajstić information content (AvgIpc) is 2.97. The Bertz CT molecular complexity index is 1350. The van der Waals surface area contributed by atoms with E-state index in [1.165, 1.54) is 12.0 Å². The lowest BCUT2D eigenvalue weighted by Crippen LogP contribution is -2.63. The van der Waals surface area contributed by atoms with E-state index in [0.29, 0.717) is 17.4 Å². The summed E-state index contributed by atoms with van der Waals surface area (Å²) in [6.45, 7) is 19.8. The Kier molecular flexibility index (Phi) is 7.29. The molecule has 0 radical (unpaired) electrons. The minimum absolute atomic E-state index is 0.0213. The highest BCUT2D eigenvalue weighted by Gasteiger charge is 2.67. The number of ketones is 1. The van der Waals surface area contributed by atoms with Gasteiger partial charge in [-0.15, -0.1) is 0 Å². The summed E-state index contributed by atoms with van der Waals surface area (Å²) >= 11 is 0. The van der Waals surface area contributed by atoms with Crippen molar-refractivity contribution in [1.29, 1.82) is 0 Å². The number of amides is 1. The van der Waals surface area contributed by atoms with Gasteiger partial charge in [-0.2, -0.15) is 0 Å². The molecule has 43 heavy (non-hydrogen) atoms. The summed E-state index contributed by atoms with van der Waals surface area (Å²) in [6.07, 6.45) is 13.7. The van der Waals surface area contributed by atoms with E-state index in [9.17, 15) is 14.7 Å². The van der Waals surface area contributed by atoms with Crippen LogP contribution in [0.4, 0.5) is 0 Å². The maximum Gasteiger partial charge on any atom is 0.228 e. The van der Waals surface area contributed by atoms with Gasteiger partial charge < -0.3 is 14.9 Å². The van der Waals surface area contributed by atoms with Gasteiger partial charge in [-0.3, -0.25) is 14.5 Å². The summed E-state index contributed by atoms with van der Waals surface area (Å²) in [5, 5.41) is 10.4. The van der Waals surface area contributed by atoms with Crippen LogP contribution in [0.3, 0.4) is 0 Å². The fourth-order valence-corrected chi connectivity index (χ4v) is 10.5. The maximum atomic E-state index is 14.3. The zero-order chi connectivity index (χ0) is 31.2. The summed E-state index contributed by atoms with van der Waals surface area (Å²) in [6, 6.07) is 0. The molecule has 5 aliphatic carbocycles. The number of aliphatic hydroxyl groups excluding tert-OH is 1. The van der Waals surface area contributed by atoms with E-state index in [2.05, 4.69) is 75.6 Å². The van der Waals surface area contributed by atoms with E-state index in [1.54, 1.807) is 6.08 Å². The molecule has 1 aliphatic heterocycles. The first-order valence-electron chi connectivity index (χ1n) is 16.8. The number of hydrogen-bond donors (Lipinski definition) is 1. The third-order valence-electron chi connectivity index (χ3n) is 13.9. The Morgan fingerprint density at radius 2 is 1.63 bits per heavy atom. The van der Waals surface area contributed by atoms with Gasteiger partial charge in [0.1, 0.15) is 0 Å². The van der Waals surface area contributed by atoms with E-state index in [0.717, 1.165) is 88.9 Å². The van der Waals surface area contributed by atoms with Crippen LogP contribution in [0, 0.1) is 33.0 Å². The van der Waals surface area contributed by atoms with E-state index in [1.807, 2.05) is 6.92 Å². The van der Waals surface area contributed by atoms with Crippen molar-refractivity contribution in [2.75, 3.05) is 53.4 Å². The highest BCUT2D eigenvalue weighted by atomic mass is 16.3. The van der Waals surface area contributed by atoms with Crippen molar-refractivity contribution in [2.24, 2.45) is 33.0 Å². The molecular formula is C37H55N3O3. The summed E-state index contributed by atoms with van der Waals surface area (Å²) in [7, 11) is 4.25. The maximum absolute atomic E-state index is 14.3. The molecule has 0 aromatic carbocycles. The largest absolute Gasteiger partial charge is 0.504 e. The molecule has 4 fully saturated rings. The quantitative estimate of drug-likeness (QED) is 0.416. The molecule has 6 rings (SSSR count). The van der Waals surface area contributed by atoms with Crippen molar-refractivity contribution in [3.63, 3.8) is 0 Å². The van der Waals surface area contributed by atoms with Gasteiger partial charge in [0, 0.05) is 55.7 Å². The zero-order valence-corrected chi connectivity index (χ0v) is 28.1. The number of aliphatic hydroxyl groups is 1. The number of likely N-dealkylation sites (N-methyl/N-ethyl adjacent to an activating group) is 1. The monoisotopic (exact) mass is 589 g/mol. The van der Waals surface area contributed by atoms with Gasteiger partial charge in [-0.25, -0.2) is 0 Å². The lowest BCUT2D eigenvalue weighted by atomic mass is 9.34. The molecule has 0 aromatic heterocycles. The fraction of sp³-hybridized carbons (Fsp3) is 0.730. The Hall–Kier alpha value is -2.18. The van der Waals surface area contributed by atoms with E-state index in [4.69, 9.17) is 0 Å². The number of rotatable bonds is 4. The lowest BCUT2D eigenvalue weighted by Gasteiger charge is -2.70. The first-order chi connectivity index (χ1) is 20.1. The molecule has 0 spiro atoms. The second kappa shape index (κ2) is 10.2. The molecule has 6 nitrogen and oxygen atoms in total. The first-order valence-corrected chi connectivity index (χ1v) is 16.8. The molecule has 1 amide bonds. The van der Waals surface area contributed by atoms with Crippen LogP contribution in [-0.4, -0.2) is 84.9 Å². The second-order valence-electron chi connectivity index (χ2n) is 16.5. The van der Waals surface area contributed by atoms with E-state index in [-0.39, 0.29) is 38.6 Å². The molecule has 236 valence electrons. The third kappa shape index (κ3) is 4.47. The molecular weight excluding hydrogens is 534 g/mol. The Morgan fingerprint density at radius 1 is 0.953 bits per heavy atom. The minimum Gasteiger partial charge on any atom is -0.504 e. The van der Waals surface area contributed by atoms with Gasteiger partial charge >= 0.3 is 0 Å². The van der Waals surface area contributed by atoms with Gasteiger partial charge in [0.2, 0.25) is 11.7 Å². The van der Waals surface area contributed by atoms with Crippen LogP contribution in [0.1, 0.15) is 86.5 Å². The topological polar surface area (TPSA) is 64.1 Å². The van der Waals surface area contributed by atoms with Crippen molar-refractivity contribution in [2.45, 2.75) is 86.5 Å². The van der Waals surface area contributed by atoms with Crippen LogP contribution in [0.5, 0.6) is 0 Å². The fourth-order valence-electron chi connectivity index (χ4n) is 10.5. The number of hydrogen-bond acceptors (Lipinski definition) is 5. The highest BCUT2D eigenvalue weighted by molar-refractivity contribution is 6.06. The smallest absolute Gasteiger partial charge is 0.228 e. The van der Waals surface area contributed by atoms with Crippen LogP contribution < -0.4 is 0 Å². The average molecular weight is 590 g/mol. The van der Waals surface area contributed by atoms with Gasteiger partial charge in [0.25, 0.3) is 0 Å². The second-order valence-corrected chi connectivity index (χ2v) is 16.5. The van der Waals surface area contributed by atoms with Crippen LogP contribution >= 0.6 is 0 Å². The number of carbonyl (C=O) groups excluding carboxylic acids is 2. The predicted molar refractivity (Wildman–Crippen MR) is 173 cm³/mol. The predicted octanol–water partition coefficient (Wildman–Crippen LogP) is 6.32. The molecule has 6 heteroatoms. The molecule has 0 bridgehead atoms. The SMILES string of the molecule is CC1=C(O)C(=O)C=C2C1=CC=C1[C@@]2(C)CC[C@@]2(C)[C@@H]3C[C@](C)(C(=O)N4CCN(CCN(C)C)CC4)CC[C@]3(C)CC[C@]12C. The van der Waals surface area contributed by atoms with Crippen LogP contribution in [0.25, 0.3) is 0 Å². The molecule has 0 unspecified atom stereocenters. The zero-order valence-electron chi connectivity index (χ0n) is 28.1. The van der Waals surface area contributed by atoms with Crippen LogP contribution in [0.2, 0.25) is 0 Å². The molecule has 6 aliphatic rings. The summed E-state index contributed by atoms with van der Waals surface area (Å²) in [4.78, 5) is 34.0. The summed E-state index contributed by atoms with van der Waals surface area (Å²) in [5.41, 5.74) is 4.03. The highest BCUT2D eigenvalue weighted by Crippen LogP contribution is 2.75. The Morgan fingerprint density at radius 3 is 2.30 bits per heavy atom. The standard InChI is InChI=1S/C37H55N3O3/c1-25-26-9-10-29-35(4,27(26)23-28(41)31(25)42)14-16-37(6)30-24-34(3,12-11-33(30,2)13-15-36(29,37)5)32(43)40-21-19-39(20-22-40)18-17-38(7)8/h9-10,23,30,42H,11-22,24H2,1-8H3/t30-,33-,34-,35+,36-,37+/m1/s1. The minimum atomic E-state index is -0.316. The molecule has 1 N–H and O–H groups in total. The third-order valence-corrected chi connectivity index (χ3v) is 13.9. The van der Waals surface area contributed by atoms with Crippen LogP contribution in [0.15, 0.2) is 46.3 Å². The van der Waals surface area contributed by atoms with Gasteiger partial charge in [-0.05, 0) is 105 Å². The van der Waals surface area contributed by atoms with Crippen LogP contribution in [-0.2, 0) is 9.59 Å². The van der Waals surface area contributed by atoms with Crippen molar-refractivity contribution in [3.8, 4) is 0 Å². The molecule has 1 saturated heterocycles. The van der Waals surface area contributed by atoms with Crippen molar-refractivity contribution in [1.82, 2.24) is 14.7 Å². The number of fused-ring (bicyclic) bond motifs is 7. The molecule has 6 atom stereocenters. The van der Waals surface area contributed by atoms with E-state index < -0.39 is 0 Å². The Balaban J connectivity index is 1.28. The summed E-state index contributed by atoms with van der Waals surface area (Å²) in [5.74, 6) is 0.473.